The Bertz CT molecular complexity index is 532. The molecule has 0 aromatic heterocycles. The standard InChI is InChI=1S/C15H19BrN2O3/c1-3-15(2)14(20)18(10-13(19)17-15)8-9-21-12-6-4-11(16)5-7-12/h4-7H,3,8-10H2,1-2H3,(H,17,19). The van der Waals surface area contributed by atoms with E-state index >= 15 is 0 Å². The first kappa shape index (κ1) is 15.8. The summed E-state index contributed by atoms with van der Waals surface area (Å²) in [5.74, 6) is 0.567. The molecule has 1 saturated heterocycles. The van der Waals surface area contributed by atoms with Gasteiger partial charge in [0.1, 0.15) is 17.9 Å². The van der Waals surface area contributed by atoms with Gasteiger partial charge in [-0.2, -0.15) is 0 Å². The number of amides is 2. The fraction of sp³-hybridized carbons (Fsp3) is 0.467. The summed E-state index contributed by atoms with van der Waals surface area (Å²) in [6, 6.07) is 7.49. The lowest BCUT2D eigenvalue weighted by atomic mass is 9.94. The second kappa shape index (κ2) is 6.47. The third kappa shape index (κ3) is 3.75. The fourth-order valence-corrected chi connectivity index (χ4v) is 2.48. The number of benzene rings is 1. The van der Waals surface area contributed by atoms with Gasteiger partial charge in [-0.25, -0.2) is 0 Å². The fourth-order valence-electron chi connectivity index (χ4n) is 2.22. The Labute approximate surface area is 132 Å². The molecule has 0 bridgehead atoms. The van der Waals surface area contributed by atoms with Gasteiger partial charge < -0.3 is 15.0 Å². The average molecular weight is 355 g/mol. The molecular weight excluding hydrogens is 336 g/mol. The summed E-state index contributed by atoms with van der Waals surface area (Å²) < 4.78 is 6.59. The molecule has 1 aliphatic heterocycles. The van der Waals surface area contributed by atoms with E-state index in [-0.39, 0.29) is 18.4 Å². The predicted molar refractivity (Wildman–Crippen MR) is 83.1 cm³/mol. The number of hydrogen-bond acceptors (Lipinski definition) is 3. The van der Waals surface area contributed by atoms with E-state index < -0.39 is 5.54 Å². The first-order valence-electron chi connectivity index (χ1n) is 6.93. The molecule has 1 N–H and O–H groups in total. The van der Waals surface area contributed by atoms with E-state index in [0.717, 1.165) is 10.2 Å². The summed E-state index contributed by atoms with van der Waals surface area (Å²) in [5.41, 5.74) is -0.799. The smallest absolute Gasteiger partial charge is 0.248 e. The Morgan fingerprint density at radius 3 is 2.62 bits per heavy atom. The number of hydrogen-bond donors (Lipinski definition) is 1. The van der Waals surface area contributed by atoms with Crippen LogP contribution in [-0.2, 0) is 9.59 Å². The van der Waals surface area contributed by atoms with Gasteiger partial charge in [-0.05, 0) is 37.6 Å². The Hall–Kier alpha value is -1.56. The number of ether oxygens (including phenoxy) is 1. The summed E-state index contributed by atoms with van der Waals surface area (Å²) >= 11 is 3.36. The molecule has 0 spiro atoms. The van der Waals surface area contributed by atoms with Crippen LogP contribution < -0.4 is 10.1 Å². The van der Waals surface area contributed by atoms with Gasteiger partial charge in [0.05, 0.1) is 13.1 Å². The number of piperazine rings is 1. The third-order valence-corrected chi connectivity index (χ3v) is 4.19. The van der Waals surface area contributed by atoms with Gasteiger partial charge in [-0.15, -0.1) is 0 Å². The van der Waals surface area contributed by atoms with Crippen LogP contribution >= 0.6 is 15.9 Å². The van der Waals surface area contributed by atoms with Crippen molar-refractivity contribution in [2.45, 2.75) is 25.8 Å². The highest BCUT2D eigenvalue weighted by Crippen LogP contribution is 2.18. The number of halogens is 1. The highest BCUT2D eigenvalue weighted by Gasteiger charge is 2.41. The quantitative estimate of drug-likeness (QED) is 0.879. The largest absolute Gasteiger partial charge is 0.492 e. The molecular formula is C15H19BrN2O3. The van der Waals surface area contributed by atoms with Gasteiger partial charge in [0, 0.05) is 4.47 Å². The van der Waals surface area contributed by atoms with Crippen LogP contribution in [0.1, 0.15) is 20.3 Å². The maximum atomic E-state index is 12.4. The van der Waals surface area contributed by atoms with Crippen LogP contribution in [0.4, 0.5) is 0 Å². The van der Waals surface area contributed by atoms with Gasteiger partial charge in [0.15, 0.2) is 0 Å². The molecule has 2 rings (SSSR count). The van der Waals surface area contributed by atoms with E-state index in [2.05, 4.69) is 21.2 Å². The highest BCUT2D eigenvalue weighted by molar-refractivity contribution is 9.10. The van der Waals surface area contributed by atoms with Crippen LogP contribution in [0.5, 0.6) is 5.75 Å². The van der Waals surface area contributed by atoms with Gasteiger partial charge in [-0.3, -0.25) is 9.59 Å². The molecule has 1 aliphatic rings. The van der Waals surface area contributed by atoms with Gasteiger partial charge >= 0.3 is 0 Å². The first-order valence-corrected chi connectivity index (χ1v) is 7.72. The zero-order valence-electron chi connectivity index (χ0n) is 12.2. The Morgan fingerprint density at radius 2 is 2.00 bits per heavy atom. The van der Waals surface area contributed by atoms with Crippen molar-refractivity contribution >= 4 is 27.7 Å². The summed E-state index contributed by atoms with van der Waals surface area (Å²) in [4.78, 5) is 25.6. The van der Waals surface area contributed by atoms with E-state index in [4.69, 9.17) is 4.74 Å². The van der Waals surface area contributed by atoms with Crippen molar-refractivity contribution in [3.05, 3.63) is 28.7 Å². The van der Waals surface area contributed by atoms with Crippen LogP contribution in [-0.4, -0.2) is 41.9 Å². The lowest BCUT2D eigenvalue weighted by Crippen LogP contribution is -2.65. The number of rotatable bonds is 5. The maximum absolute atomic E-state index is 12.4. The van der Waals surface area contributed by atoms with E-state index in [9.17, 15) is 9.59 Å². The monoisotopic (exact) mass is 354 g/mol. The van der Waals surface area contributed by atoms with Gasteiger partial charge in [0.2, 0.25) is 11.8 Å². The molecule has 0 aliphatic carbocycles. The van der Waals surface area contributed by atoms with E-state index in [1.165, 1.54) is 0 Å². The lowest BCUT2D eigenvalue weighted by Gasteiger charge is -2.39. The number of nitrogens with zero attached hydrogens (tertiary/aromatic N) is 1. The molecule has 2 amide bonds. The summed E-state index contributed by atoms with van der Waals surface area (Å²) in [6.45, 7) is 4.51. The van der Waals surface area contributed by atoms with Crippen molar-refractivity contribution in [3.63, 3.8) is 0 Å². The molecule has 1 aromatic carbocycles. The van der Waals surface area contributed by atoms with E-state index in [0.29, 0.717) is 19.6 Å². The molecule has 1 unspecified atom stereocenters. The maximum Gasteiger partial charge on any atom is 0.248 e. The van der Waals surface area contributed by atoms with E-state index in [1.54, 1.807) is 11.8 Å². The van der Waals surface area contributed by atoms with Crippen molar-refractivity contribution < 1.29 is 14.3 Å². The normalized spacial score (nSPS) is 22.1. The topological polar surface area (TPSA) is 58.6 Å². The summed E-state index contributed by atoms with van der Waals surface area (Å²) in [7, 11) is 0. The van der Waals surface area contributed by atoms with Crippen LogP contribution in [0.15, 0.2) is 28.7 Å². The summed E-state index contributed by atoms with van der Waals surface area (Å²) in [6.07, 6.45) is 0.571. The van der Waals surface area contributed by atoms with Crippen molar-refractivity contribution in [3.8, 4) is 5.75 Å². The third-order valence-electron chi connectivity index (χ3n) is 3.66. The summed E-state index contributed by atoms with van der Waals surface area (Å²) in [5, 5.41) is 2.76. The van der Waals surface area contributed by atoms with Crippen molar-refractivity contribution in [1.29, 1.82) is 0 Å². The minimum Gasteiger partial charge on any atom is -0.492 e. The molecule has 0 radical (unpaired) electrons. The zero-order chi connectivity index (χ0) is 15.5. The van der Waals surface area contributed by atoms with Crippen LogP contribution in [0.2, 0.25) is 0 Å². The minimum atomic E-state index is -0.799. The second-order valence-electron chi connectivity index (χ2n) is 5.26. The van der Waals surface area contributed by atoms with E-state index in [1.807, 2.05) is 31.2 Å². The van der Waals surface area contributed by atoms with Crippen molar-refractivity contribution in [1.82, 2.24) is 10.2 Å². The number of nitrogens with one attached hydrogen (secondary N) is 1. The van der Waals surface area contributed by atoms with Crippen LogP contribution in [0, 0.1) is 0 Å². The highest BCUT2D eigenvalue weighted by atomic mass is 79.9. The van der Waals surface area contributed by atoms with Gasteiger partial charge in [0.25, 0.3) is 0 Å². The average Bonchev–Trinajstić information content (AvgIpc) is 2.46. The van der Waals surface area contributed by atoms with Crippen LogP contribution in [0.25, 0.3) is 0 Å². The number of carbonyl (C=O) groups excluding carboxylic acids is 2. The predicted octanol–water partition coefficient (Wildman–Crippen LogP) is 1.95. The molecule has 5 nitrogen and oxygen atoms in total. The second-order valence-corrected chi connectivity index (χ2v) is 6.18. The van der Waals surface area contributed by atoms with Crippen molar-refractivity contribution in [2.75, 3.05) is 19.7 Å². The SMILES string of the molecule is CCC1(C)NC(=O)CN(CCOc2ccc(Br)cc2)C1=O. The molecule has 1 heterocycles. The molecule has 1 atom stereocenters. The lowest BCUT2D eigenvalue weighted by molar-refractivity contribution is -0.149. The minimum absolute atomic E-state index is 0.0518. The Kier molecular flexibility index (Phi) is 4.88. The zero-order valence-corrected chi connectivity index (χ0v) is 13.8. The molecule has 6 heteroatoms. The molecule has 1 aromatic rings. The number of carbonyl (C=O) groups is 2. The molecule has 114 valence electrons. The Morgan fingerprint density at radius 1 is 1.33 bits per heavy atom. The Balaban J connectivity index is 1.91. The molecule has 1 fully saturated rings. The van der Waals surface area contributed by atoms with Gasteiger partial charge in [-0.1, -0.05) is 22.9 Å². The molecule has 0 saturated carbocycles. The van der Waals surface area contributed by atoms with Crippen molar-refractivity contribution in [2.24, 2.45) is 0 Å². The molecule has 21 heavy (non-hydrogen) atoms. The van der Waals surface area contributed by atoms with Crippen LogP contribution in [0.3, 0.4) is 0 Å². The first-order chi connectivity index (χ1) is 9.94.